The highest BCUT2D eigenvalue weighted by Crippen LogP contribution is 2.36. The molecular weight excluding hydrogens is 328 g/mol. The Hall–Kier alpha value is -2.79. The van der Waals surface area contributed by atoms with Crippen LogP contribution in [0.15, 0.2) is 48.7 Å². The predicted molar refractivity (Wildman–Crippen MR) is 92.6 cm³/mol. The highest BCUT2D eigenvalue weighted by Gasteiger charge is 2.15. The molecule has 0 radical (unpaired) electrons. The zero-order valence-corrected chi connectivity index (χ0v) is 13.7. The van der Waals surface area contributed by atoms with Crippen LogP contribution in [0.4, 0.5) is 0 Å². The Labute approximate surface area is 144 Å². The van der Waals surface area contributed by atoms with Gasteiger partial charge in [0.2, 0.25) is 0 Å². The molecule has 0 saturated carbocycles. The quantitative estimate of drug-likeness (QED) is 0.769. The molecule has 3 rings (SSSR count). The van der Waals surface area contributed by atoms with Crippen LogP contribution in [0.2, 0.25) is 5.02 Å². The second-order valence-electron chi connectivity index (χ2n) is 5.14. The topological polar surface area (TPSA) is 74.4 Å². The summed E-state index contributed by atoms with van der Waals surface area (Å²) in [7, 11) is 1.55. The lowest BCUT2D eigenvalue weighted by molar-refractivity contribution is 0.1000. The largest absolute Gasteiger partial charge is 0.493 e. The number of fused-ring (bicyclic) bond motifs is 1. The van der Waals surface area contributed by atoms with Crippen LogP contribution in [0.5, 0.6) is 11.5 Å². The van der Waals surface area contributed by atoms with Gasteiger partial charge in [0.15, 0.2) is 11.5 Å². The molecule has 0 aliphatic rings. The fourth-order valence-corrected chi connectivity index (χ4v) is 2.64. The number of primary amides is 1. The van der Waals surface area contributed by atoms with Crippen LogP contribution in [0.25, 0.3) is 10.9 Å². The average Bonchev–Trinajstić information content (AvgIpc) is 2.60. The normalized spacial score (nSPS) is 10.6. The van der Waals surface area contributed by atoms with Crippen molar-refractivity contribution in [1.82, 2.24) is 4.98 Å². The second kappa shape index (κ2) is 6.76. The van der Waals surface area contributed by atoms with E-state index in [-0.39, 0.29) is 10.6 Å². The lowest BCUT2D eigenvalue weighted by atomic mass is 10.1. The fourth-order valence-electron chi connectivity index (χ4n) is 2.35. The van der Waals surface area contributed by atoms with Gasteiger partial charge in [0, 0.05) is 17.6 Å². The van der Waals surface area contributed by atoms with E-state index in [2.05, 4.69) is 4.98 Å². The third-order valence-electron chi connectivity index (χ3n) is 3.59. The number of benzene rings is 2. The summed E-state index contributed by atoms with van der Waals surface area (Å²) < 4.78 is 11.2. The van der Waals surface area contributed by atoms with E-state index in [1.165, 1.54) is 6.20 Å². The van der Waals surface area contributed by atoms with E-state index in [0.717, 1.165) is 5.56 Å². The highest BCUT2D eigenvalue weighted by atomic mass is 35.5. The number of rotatable bonds is 5. The number of halogens is 1. The zero-order chi connectivity index (χ0) is 17.1. The number of ether oxygens (including phenoxy) is 2. The molecule has 0 unspecified atom stereocenters. The number of carbonyl (C=O) groups is 1. The van der Waals surface area contributed by atoms with Gasteiger partial charge < -0.3 is 15.2 Å². The lowest BCUT2D eigenvalue weighted by Gasteiger charge is -2.13. The molecule has 0 aliphatic heterocycles. The molecule has 0 fully saturated rings. The molecule has 6 heteroatoms. The Balaban J connectivity index is 2.02. The summed E-state index contributed by atoms with van der Waals surface area (Å²) in [5, 5.41) is 0.830. The first-order chi connectivity index (χ1) is 11.6. The van der Waals surface area contributed by atoms with Crippen molar-refractivity contribution in [2.45, 2.75) is 6.61 Å². The Morgan fingerprint density at radius 3 is 2.62 bits per heavy atom. The molecule has 5 nitrogen and oxygen atoms in total. The first-order valence-corrected chi connectivity index (χ1v) is 7.60. The Morgan fingerprint density at radius 1 is 1.21 bits per heavy atom. The van der Waals surface area contributed by atoms with E-state index in [9.17, 15) is 4.79 Å². The van der Waals surface area contributed by atoms with Crippen molar-refractivity contribution in [3.63, 3.8) is 0 Å². The number of nitrogens with two attached hydrogens (primary N) is 1. The van der Waals surface area contributed by atoms with Gasteiger partial charge in [-0.1, -0.05) is 41.9 Å². The molecule has 0 atom stereocenters. The molecule has 0 saturated heterocycles. The molecule has 0 aliphatic carbocycles. The molecule has 122 valence electrons. The summed E-state index contributed by atoms with van der Waals surface area (Å²) in [5.41, 5.74) is 7.10. The van der Waals surface area contributed by atoms with Gasteiger partial charge in [-0.3, -0.25) is 9.78 Å². The van der Waals surface area contributed by atoms with Crippen molar-refractivity contribution in [3.8, 4) is 11.5 Å². The van der Waals surface area contributed by atoms with Crippen molar-refractivity contribution in [2.75, 3.05) is 7.11 Å². The van der Waals surface area contributed by atoms with E-state index < -0.39 is 5.91 Å². The number of aromatic nitrogens is 1. The average molecular weight is 343 g/mol. The third-order valence-corrected chi connectivity index (χ3v) is 4.00. The van der Waals surface area contributed by atoms with Crippen LogP contribution in [0.3, 0.4) is 0 Å². The Morgan fingerprint density at radius 2 is 1.96 bits per heavy atom. The van der Waals surface area contributed by atoms with E-state index in [1.54, 1.807) is 19.2 Å². The van der Waals surface area contributed by atoms with Crippen LogP contribution in [0.1, 0.15) is 15.9 Å². The minimum absolute atomic E-state index is 0.170. The number of hydrogen-bond acceptors (Lipinski definition) is 4. The summed E-state index contributed by atoms with van der Waals surface area (Å²) >= 11 is 6.28. The Bertz CT molecular complexity index is 898. The highest BCUT2D eigenvalue weighted by molar-refractivity contribution is 6.38. The van der Waals surface area contributed by atoms with Crippen molar-refractivity contribution in [3.05, 3.63) is 64.8 Å². The first-order valence-electron chi connectivity index (χ1n) is 7.23. The van der Waals surface area contributed by atoms with Gasteiger partial charge in [0.25, 0.3) is 5.91 Å². The van der Waals surface area contributed by atoms with Gasteiger partial charge in [-0.2, -0.15) is 0 Å². The van der Waals surface area contributed by atoms with Gasteiger partial charge in [-0.05, 0) is 11.6 Å². The standard InChI is InChI=1S/C18H15ClN2O3/c1-23-15-8-14-12(17(19)13(9-21-14)18(20)22)7-16(15)24-10-11-5-3-2-4-6-11/h2-9H,10H2,1H3,(H2,20,22). The minimum Gasteiger partial charge on any atom is -0.493 e. The minimum atomic E-state index is -0.628. The number of methoxy groups -OCH3 is 1. The molecular formula is C18H15ClN2O3. The molecule has 0 bridgehead atoms. The van der Waals surface area contributed by atoms with Gasteiger partial charge in [-0.25, -0.2) is 0 Å². The number of nitrogens with zero attached hydrogens (tertiary/aromatic N) is 1. The van der Waals surface area contributed by atoms with Gasteiger partial charge in [-0.15, -0.1) is 0 Å². The second-order valence-corrected chi connectivity index (χ2v) is 5.52. The van der Waals surface area contributed by atoms with Crippen LogP contribution < -0.4 is 15.2 Å². The van der Waals surface area contributed by atoms with Gasteiger partial charge in [0.05, 0.1) is 23.2 Å². The molecule has 0 spiro atoms. The first kappa shape index (κ1) is 16.1. The van der Waals surface area contributed by atoms with Crippen molar-refractivity contribution < 1.29 is 14.3 Å². The maximum atomic E-state index is 11.4. The summed E-state index contributed by atoms with van der Waals surface area (Å²) in [6.45, 7) is 0.378. The van der Waals surface area contributed by atoms with E-state index in [1.807, 2.05) is 30.3 Å². The van der Waals surface area contributed by atoms with Crippen molar-refractivity contribution >= 4 is 28.4 Å². The van der Waals surface area contributed by atoms with Gasteiger partial charge in [0.1, 0.15) is 6.61 Å². The van der Waals surface area contributed by atoms with Crippen molar-refractivity contribution in [2.24, 2.45) is 5.73 Å². The summed E-state index contributed by atoms with van der Waals surface area (Å²) in [6.07, 6.45) is 1.36. The van der Waals surface area contributed by atoms with Crippen LogP contribution >= 0.6 is 11.6 Å². The fraction of sp³-hybridized carbons (Fsp3) is 0.111. The van der Waals surface area contributed by atoms with Crippen LogP contribution in [0, 0.1) is 0 Å². The molecule has 1 aromatic heterocycles. The third kappa shape index (κ3) is 3.12. The summed E-state index contributed by atoms with van der Waals surface area (Å²) in [6, 6.07) is 13.2. The van der Waals surface area contributed by atoms with E-state index in [0.29, 0.717) is 29.0 Å². The SMILES string of the molecule is COc1cc2ncc(C(N)=O)c(Cl)c2cc1OCc1ccccc1. The van der Waals surface area contributed by atoms with E-state index >= 15 is 0 Å². The summed E-state index contributed by atoms with van der Waals surface area (Å²) in [5.74, 6) is 0.421. The lowest BCUT2D eigenvalue weighted by Crippen LogP contribution is -2.12. The van der Waals surface area contributed by atoms with Crippen molar-refractivity contribution in [1.29, 1.82) is 0 Å². The van der Waals surface area contributed by atoms with Gasteiger partial charge >= 0.3 is 0 Å². The maximum absolute atomic E-state index is 11.4. The molecule has 1 amide bonds. The number of pyridine rings is 1. The smallest absolute Gasteiger partial charge is 0.251 e. The molecule has 1 heterocycles. The summed E-state index contributed by atoms with van der Waals surface area (Å²) in [4.78, 5) is 15.6. The molecule has 3 aromatic rings. The predicted octanol–water partition coefficient (Wildman–Crippen LogP) is 3.57. The number of hydrogen-bond donors (Lipinski definition) is 1. The van der Waals surface area contributed by atoms with Crippen LogP contribution in [-0.4, -0.2) is 18.0 Å². The monoisotopic (exact) mass is 342 g/mol. The molecule has 2 N–H and O–H groups in total. The maximum Gasteiger partial charge on any atom is 0.251 e. The van der Waals surface area contributed by atoms with Crippen LogP contribution in [-0.2, 0) is 6.61 Å². The molecule has 24 heavy (non-hydrogen) atoms. The van der Waals surface area contributed by atoms with E-state index in [4.69, 9.17) is 26.8 Å². The zero-order valence-electron chi connectivity index (χ0n) is 13.0. The molecule has 2 aromatic carbocycles. The number of amides is 1. The number of carbonyl (C=O) groups excluding carboxylic acids is 1. The Kier molecular flexibility index (Phi) is 4.53.